The second kappa shape index (κ2) is 56.1. The van der Waals surface area contributed by atoms with E-state index in [1.807, 2.05) is 0 Å². The summed E-state index contributed by atoms with van der Waals surface area (Å²) in [6.45, 7) is 14.0. The van der Waals surface area contributed by atoms with Gasteiger partial charge in [0.15, 0.2) is 12.2 Å². The zero-order valence-electron chi connectivity index (χ0n) is 55.2. The van der Waals surface area contributed by atoms with Crippen molar-refractivity contribution in [2.24, 2.45) is 23.7 Å². The van der Waals surface area contributed by atoms with Crippen LogP contribution >= 0.6 is 15.6 Å². The fourth-order valence-electron chi connectivity index (χ4n) is 9.75. The van der Waals surface area contributed by atoms with E-state index in [4.69, 9.17) is 37.0 Å². The van der Waals surface area contributed by atoms with Crippen molar-refractivity contribution in [2.75, 3.05) is 39.6 Å². The number of esters is 4. The Bertz CT molecular complexity index is 1700. The van der Waals surface area contributed by atoms with Crippen molar-refractivity contribution < 1.29 is 80.2 Å². The minimum Gasteiger partial charge on any atom is -0.462 e. The number of phosphoric acid groups is 2. The lowest BCUT2D eigenvalue weighted by Crippen LogP contribution is -2.30. The van der Waals surface area contributed by atoms with E-state index in [1.165, 1.54) is 116 Å². The van der Waals surface area contributed by atoms with E-state index in [0.717, 1.165) is 114 Å². The molecule has 19 heteroatoms. The third kappa shape index (κ3) is 59.5. The van der Waals surface area contributed by atoms with Crippen LogP contribution in [0.25, 0.3) is 0 Å². The zero-order valence-corrected chi connectivity index (χ0v) is 57.0. The maximum absolute atomic E-state index is 13.0. The Labute approximate surface area is 517 Å². The predicted molar refractivity (Wildman–Crippen MR) is 340 cm³/mol. The summed E-state index contributed by atoms with van der Waals surface area (Å²) < 4.78 is 68.1. The summed E-state index contributed by atoms with van der Waals surface area (Å²) in [5.74, 6) is 0.789. The van der Waals surface area contributed by atoms with Crippen molar-refractivity contribution >= 4 is 39.5 Å². The first kappa shape index (κ1) is 83.1. The predicted octanol–water partition coefficient (Wildman–Crippen LogP) is 18.1. The van der Waals surface area contributed by atoms with Crippen molar-refractivity contribution in [3.05, 3.63) is 0 Å². The molecule has 504 valence electrons. The highest BCUT2D eigenvalue weighted by Crippen LogP contribution is 2.45. The lowest BCUT2D eigenvalue weighted by molar-refractivity contribution is -0.161. The molecule has 0 amide bonds. The summed E-state index contributed by atoms with van der Waals surface area (Å²) in [5.41, 5.74) is 0. The molecule has 0 saturated heterocycles. The van der Waals surface area contributed by atoms with Crippen LogP contribution < -0.4 is 0 Å². The summed E-state index contributed by atoms with van der Waals surface area (Å²) in [4.78, 5) is 72.3. The first-order chi connectivity index (χ1) is 40.6. The summed E-state index contributed by atoms with van der Waals surface area (Å²) in [5, 5.41) is 10.6. The molecular weight excluding hydrogens is 1130 g/mol. The Balaban J connectivity index is 5.26. The van der Waals surface area contributed by atoms with E-state index in [2.05, 4.69) is 55.4 Å². The summed E-state index contributed by atoms with van der Waals surface area (Å²) in [7, 11) is -9.89. The van der Waals surface area contributed by atoms with Crippen LogP contribution in [0.4, 0.5) is 0 Å². The monoisotopic (exact) mass is 1250 g/mol. The SMILES string of the molecule is CCC(C)CCCCCCCCCCC(=O)O[C@H](COC(=O)CCCCCCCCC(C)C)COP(=O)(O)OC[C@H](O)COP(=O)(O)OC[C@@H](COC(=O)CCCCCCCCCCC(C)C)OC(=O)CCCCCCCCCCCCC(C)C. The van der Waals surface area contributed by atoms with Crippen molar-refractivity contribution in [3.8, 4) is 0 Å². The van der Waals surface area contributed by atoms with Crippen LogP contribution in [0, 0.1) is 23.7 Å². The van der Waals surface area contributed by atoms with Gasteiger partial charge in [0.05, 0.1) is 26.4 Å². The van der Waals surface area contributed by atoms with Gasteiger partial charge in [-0.05, 0) is 49.4 Å². The van der Waals surface area contributed by atoms with Crippen LogP contribution in [0.1, 0.15) is 319 Å². The number of hydrogen-bond donors (Lipinski definition) is 3. The van der Waals surface area contributed by atoms with Gasteiger partial charge >= 0.3 is 39.5 Å². The molecule has 0 aromatic heterocycles. The molecule has 0 rings (SSSR count). The maximum atomic E-state index is 13.0. The Kier molecular flexibility index (Phi) is 54.8. The zero-order chi connectivity index (χ0) is 63.2. The van der Waals surface area contributed by atoms with Gasteiger partial charge in [-0.25, -0.2) is 9.13 Å². The number of carbonyl (C=O) groups excluding carboxylic acids is 4. The maximum Gasteiger partial charge on any atom is 0.472 e. The quantitative estimate of drug-likeness (QED) is 0.0222. The van der Waals surface area contributed by atoms with E-state index in [1.54, 1.807) is 0 Å². The lowest BCUT2D eigenvalue weighted by Gasteiger charge is -2.21. The normalized spacial score (nSPS) is 14.7. The van der Waals surface area contributed by atoms with Crippen molar-refractivity contribution in [2.45, 2.75) is 337 Å². The molecule has 85 heavy (non-hydrogen) atoms. The van der Waals surface area contributed by atoms with E-state index in [0.29, 0.717) is 31.6 Å². The molecule has 3 N–H and O–H groups in total. The molecule has 0 radical (unpaired) electrons. The largest absolute Gasteiger partial charge is 0.472 e. The molecular formula is C66H128O17P2. The Hall–Kier alpha value is -1.94. The Morgan fingerprint density at radius 2 is 0.565 bits per heavy atom. The fourth-order valence-corrected chi connectivity index (χ4v) is 11.3. The molecule has 0 bridgehead atoms. The number of aliphatic hydroxyl groups excluding tert-OH is 1. The molecule has 0 fully saturated rings. The molecule has 6 atom stereocenters. The minimum absolute atomic E-state index is 0.103. The topological polar surface area (TPSA) is 237 Å². The first-order valence-electron chi connectivity index (χ1n) is 34.2. The summed E-state index contributed by atoms with van der Waals surface area (Å²) in [6.07, 6.45) is 36.3. The van der Waals surface area contributed by atoms with Crippen molar-refractivity contribution in [3.63, 3.8) is 0 Å². The van der Waals surface area contributed by atoms with Gasteiger partial charge in [-0.15, -0.1) is 0 Å². The first-order valence-corrected chi connectivity index (χ1v) is 37.2. The number of ether oxygens (including phenoxy) is 4. The van der Waals surface area contributed by atoms with Gasteiger partial charge < -0.3 is 33.8 Å². The highest BCUT2D eigenvalue weighted by molar-refractivity contribution is 7.47. The molecule has 0 aliphatic heterocycles. The molecule has 0 saturated carbocycles. The van der Waals surface area contributed by atoms with Gasteiger partial charge in [0.2, 0.25) is 0 Å². The number of aliphatic hydroxyl groups is 1. The van der Waals surface area contributed by atoms with Crippen LogP contribution in [-0.2, 0) is 65.4 Å². The number of rotatable bonds is 63. The van der Waals surface area contributed by atoms with Gasteiger partial charge in [-0.3, -0.25) is 37.3 Å². The van der Waals surface area contributed by atoms with Gasteiger partial charge in [0, 0.05) is 25.7 Å². The molecule has 0 aromatic rings. The summed E-state index contributed by atoms with van der Waals surface area (Å²) in [6, 6.07) is 0. The third-order valence-electron chi connectivity index (χ3n) is 15.4. The molecule has 0 aliphatic carbocycles. The number of unbranched alkanes of at least 4 members (excludes halogenated alkanes) is 28. The van der Waals surface area contributed by atoms with Crippen LogP contribution in [0.15, 0.2) is 0 Å². The average molecular weight is 1260 g/mol. The second-order valence-electron chi connectivity index (χ2n) is 25.5. The molecule has 17 nitrogen and oxygen atoms in total. The number of carbonyl (C=O) groups is 4. The molecule has 0 aliphatic rings. The minimum atomic E-state index is -4.95. The number of phosphoric ester groups is 2. The van der Waals surface area contributed by atoms with Crippen LogP contribution in [0.2, 0.25) is 0 Å². The van der Waals surface area contributed by atoms with Crippen molar-refractivity contribution in [1.82, 2.24) is 0 Å². The molecule has 0 heterocycles. The van der Waals surface area contributed by atoms with E-state index in [-0.39, 0.29) is 25.7 Å². The van der Waals surface area contributed by atoms with E-state index >= 15 is 0 Å². The van der Waals surface area contributed by atoms with Gasteiger partial charge in [0.1, 0.15) is 19.3 Å². The molecule has 3 unspecified atom stereocenters. The van der Waals surface area contributed by atoms with E-state index < -0.39 is 97.5 Å². The summed E-state index contributed by atoms with van der Waals surface area (Å²) >= 11 is 0. The van der Waals surface area contributed by atoms with Crippen LogP contribution in [0.3, 0.4) is 0 Å². The van der Waals surface area contributed by atoms with Crippen LogP contribution in [-0.4, -0.2) is 96.7 Å². The van der Waals surface area contributed by atoms with Gasteiger partial charge in [-0.1, -0.05) is 267 Å². The third-order valence-corrected chi connectivity index (χ3v) is 17.3. The van der Waals surface area contributed by atoms with Gasteiger partial charge in [0.25, 0.3) is 0 Å². The highest BCUT2D eigenvalue weighted by Gasteiger charge is 2.30. The molecule has 0 spiro atoms. The van der Waals surface area contributed by atoms with Crippen molar-refractivity contribution in [1.29, 1.82) is 0 Å². The van der Waals surface area contributed by atoms with Crippen LogP contribution in [0.5, 0.6) is 0 Å². The average Bonchev–Trinajstić information content (AvgIpc) is 3.50. The smallest absolute Gasteiger partial charge is 0.462 e. The van der Waals surface area contributed by atoms with E-state index in [9.17, 15) is 43.2 Å². The van der Waals surface area contributed by atoms with Gasteiger partial charge in [-0.2, -0.15) is 0 Å². The second-order valence-corrected chi connectivity index (χ2v) is 28.4. The Morgan fingerprint density at radius 3 is 0.835 bits per heavy atom. The standard InChI is InChI=1S/C66H128O17P2/c1-9-59(8)45-37-29-20-15-17-23-33-41-49-66(71)83-62(53-77-64(69)47-39-31-25-24-28-36-44-58(6)7)55-81-85(74,75)79-51-60(67)50-78-84(72,73)80-54-61(52-76-63(68)46-38-30-21-16-14-19-27-35-43-57(4)5)82-65(70)48-40-32-22-13-11-10-12-18-26-34-42-56(2)3/h56-62,67H,9-55H2,1-8H3,(H,72,73)(H,74,75)/t59?,60-,61-,62-/m1/s1. The fraction of sp³-hybridized carbons (Fsp3) is 0.939. The Morgan fingerprint density at radius 1 is 0.329 bits per heavy atom. The highest BCUT2D eigenvalue weighted by atomic mass is 31.2. The number of hydrogen-bond acceptors (Lipinski definition) is 15. The molecule has 0 aromatic carbocycles. The lowest BCUT2D eigenvalue weighted by atomic mass is 9.99.